The molecule has 3 aliphatic rings. The van der Waals surface area contributed by atoms with Crippen LogP contribution >= 0.6 is 11.6 Å². The second-order valence-corrected chi connectivity index (χ2v) is 17.1. The summed E-state index contributed by atoms with van der Waals surface area (Å²) in [5.74, 6) is 1.44. The Labute approximate surface area is 363 Å². The second kappa shape index (κ2) is 21.7. The van der Waals surface area contributed by atoms with E-state index in [0.29, 0.717) is 77.5 Å². The van der Waals surface area contributed by atoms with E-state index in [2.05, 4.69) is 33.1 Å². The van der Waals surface area contributed by atoms with Gasteiger partial charge in [-0.2, -0.15) is 5.26 Å². The van der Waals surface area contributed by atoms with E-state index in [1.54, 1.807) is 43.3 Å². The molecule has 1 amide bonds. The molecule has 3 fully saturated rings. The number of piperazine rings is 1. The van der Waals surface area contributed by atoms with Gasteiger partial charge in [-0.1, -0.05) is 11.6 Å². The summed E-state index contributed by atoms with van der Waals surface area (Å²) in [6, 6.07) is 13.9. The molecule has 2 saturated heterocycles. The average molecular weight is 857 g/mol. The second-order valence-electron chi connectivity index (χ2n) is 16.7. The van der Waals surface area contributed by atoms with Crippen molar-refractivity contribution in [1.29, 1.82) is 5.26 Å². The number of aldehydes is 3. The van der Waals surface area contributed by atoms with Gasteiger partial charge in [-0.25, -0.2) is 9.37 Å². The molecule has 13 nitrogen and oxygen atoms in total. The third kappa shape index (κ3) is 11.7. The van der Waals surface area contributed by atoms with Crippen molar-refractivity contribution >= 4 is 47.9 Å². The molecule has 3 heterocycles. The number of hydrogen-bond acceptors (Lipinski definition) is 12. The van der Waals surface area contributed by atoms with E-state index in [1.165, 1.54) is 6.07 Å². The SMILES string of the molecule is CNC(=O)C(CCC=O)N(C)Cc1cc(N2CCN(CC3CCN(c4ccc(C=O)c(CN(C)C5CCC(Oc6ccc(C#N)c(Cl)c6)CC5)n4)CC3)CC2)c(F)cc1C=O. The van der Waals surface area contributed by atoms with Gasteiger partial charge in [0.05, 0.1) is 34.1 Å². The summed E-state index contributed by atoms with van der Waals surface area (Å²) >= 11 is 6.21. The van der Waals surface area contributed by atoms with E-state index in [-0.39, 0.29) is 30.5 Å². The molecule has 3 aromatic rings. The van der Waals surface area contributed by atoms with Crippen LogP contribution in [-0.4, -0.2) is 130 Å². The Morgan fingerprint density at radius 1 is 0.951 bits per heavy atom. The van der Waals surface area contributed by atoms with Gasteiger partial charge in [-0.15, -0.1) is 0 Å². The van der Waals surface area contributed by atoms with E-state index in [9.17, 15) is 19.2 Å². The third-order valence-corrected chi connectivity index (χ3v) is 13.0. The van der Waals surface area contributed by atoms with Crippen molar-refractivity contribution in [3.8, 4) is 11.8 Å². The topological polar surface area (TPSA) is 142 Å². The van der Waals surface area contributed by atoms with E-state index < -0.39 is 11.9 Å². The molecule has 2 aromatic carbocycles. The van der Waals surface area contributed by atoms with Crippen LogP contribution in [0, 0.1) is 23.1 Å². The summed E-state index contributed by atoms with van der Waals surface area (Å²) in [7, 11) is 5.42. The summed E-state index contributed by atoms with van der Waals surface area (Å²) < 4.78 is 21.6. The number of anilines is 2. The lowest BCUT2D eigenvalue weighted by molar-refractivity contribution is -0.126. The number of ether oxygens (including phenoxy) is 1. The summed E-state index contributed by atoms with van der Waals surface area (Å²) in [6.45, 7) is 6.44. The van der Waals surface area contributed by atoms with Gasteiger partial charge in [0, 0.05) is 95.6 Å². The molecule has 1 atom stereocenters. The van der Waals surface area contributed by atoms with Gasteiger partial charge in [0.15, 0.2) is 6.29 Å². The molecule has 1 unspecified atom stereocenters. The van der Waals surface area contributed by atoms with Gasteiger partial charge in [-0.3, -0.25) is 29.1 Å². The number of nitrogens with one attached hydrogen (secondary N) is 1. The Balaban J connectivity index is 0.973. The number of likely N-dealkylation sites (N-methyl/N-ethyl adjacent to an activating group) is 2. The number of amides is 1. The Morgan fingerprint density at radius 3 is 2.31 bits per heavy atom. The Bertz CT molecular complexity index is 2040. The maximum Gasteiger partial charge on any atom is 0.237 e. The van der Waals surface area contributed by atoms with Crippen LogP contribution in [-0.2, 0) is 22.7 Å². The minimum atomic E-state index is -0.560. The first-order valence-corrected chi connectivity index (χ1v) is 21.8. The maximum absolute atomic E-state index is 15.4. The van der Waals surface area contributed by atoms with Crippen molar-refractivity contribution in [3.05, 3.63) is 81.3 Å². The Hall–Kier alpha value is -4.94. The summed E-state index contributed by atoms with van der Waals surface area (Å²) in [5, 5.41) is 12.2. The van der Waals surface area contributed by atoms with Crippen molar-refractivity contribution in [3.63, 3.8) is 0 Å². The first kappa shape index (κ1) is 45.6. The fourth-order valence-corrected chi connectivity index (χ4v) is 9.26. The van der Waals surface area contributed by atoms with Crippen LogP contribution in [0.2, 0.25) is 5.02 Å². The molecule has 0 spiro atoms. The Morgan fingerprint density at radius 2 is 1.67 bits per heavy atom. The number of nitriles is 1. The minimum absolute atomic E-state index is 0.0804. The average Bonchev–Trinajstić information content (AvgIpc) is 3.27. The minimum Gasteiger partial charge on any atom is -0.490 e. The van der Waals surface area contributed by atoms with Crippen LogP contribution in [0.1, 0.15) is 88.9 Å². The quantitative estimate of drug-likeness (QED) is 0.156. The van der Waals surface area contributed by atoms with E-state index in [0.717, 1.165) is 95.3 Å². The highest BCUT2D eigenvalue weighted by Gasteiger charge is 2.29. The standard InChI is InChI=1S/C46H58ClFN8O5/c1-50-46(60)43(5-4-22-57)53(3)28-35-24-44(41(48)23-36(35)31-59)55-20-18-54(19-21-55)27-32-14-16-56(17-15-32)45-13-7-34(30-58)42(51-45)29-52(2)37-8-11-38(12-9-37)61-39-10-6-33(26-49)40(47)25-39/h6-7,10,13,22-25,30-32,37-38,43H,4-5,8-9,11-12,14-21,27-29H2,1-3H3,(H,50,60). The molecule has 61 heavy (non-hydrogen) atoms. The summed E-state index contributed by atoms with van der Waals surface area (Å²) in [5.41, 5.74) is 3.17. The number of pyridine rings is 1. The largest absolute Gasteiger partial charge is 0.490 e. The van der Waals surface area contributed by atoms with Crippen molar-refractivity contribution in [2.45, 2.75) is 82.6 Å². The number of carbonyl (C=O) groups is 4. The normalized spacial score (nSPS) is 19.4. The summed E-state index contributed by atoms with van der Waals surface area (Å²) in [4.78, 5) is 63.6. The molecule has 2 aliphatic heterocycles. The number of halogens is 2. The molecule has 1 aliphatic carbocycles. The third-order valence-electron chi connectivity index (χ3n) is 12.7. The van der Waals surface area contributed by atoms with Crippen molar-refractivity contribution in [2.24, 2.45) is 5.92 Å². The van der Waals surface area contributed by atoms with Crippen LogP contribution in [0.5, 0.6) is 5.75 Å². The maximum atomic E-state index is 15.4. The van der Waals surface area contributed by atoms with Crippen molar-refractivity contribution < 1.29 is 28.3 Å². The monoisotopic (exact) mass is 856 g/mol. The molecule has 1 saturated carbocycles. The molecule has 15 heteroatoms. The Kier molecular flexibility index (Phi) is 16.2. The fourth-order valence-electron chi connectivity index (χ4n) is 9.05. The van der Waals surface area contributed by atoms with E-state index >= 15 is 4.39 Å². The number of rotatable bonds is 18. The molecule has 6 rings (SSSR count). The smallest absolute Gasteiger partial charge is 0.237 e. The molecule has 326 valence electrons. The lowest BCUT2D eigenvalue weighted by atomic mass is 9.92. The number of carbonyl (C=O) groups excluding carboxylic acids is 4. The van der Waals surface area contributed by atoms with Gasteiger partial charge < -0.3 is 24.6 Å². The fraction of sp³-hybridized carbons (Fsp3) is 0.522. The van der Waals surface area contributed by atoms with Gasteiger partial charge >= 0.3 is 0 Å². The summed E-state index contributed by atoms with van der Waals surface area (Å²) in [6.07, 6.45) is 8.74. The van der Waals surface area contributed by atoms with Gasteiger partial charge in [0.25, 0.3) is 0 Å². The number of benzene rings is 2. The highest BCUT2D eigenvalue weighted by molar-refractivity contribution is 6.31. The van der Waals surface area contributed by atoms with Crippen LogP contribution in [0.25, 0.3) is 0 Å². The van der Waals surface area contributed by atoms with Gasteiger partial charge in [0.2, 0.25) is 5.91 Å². The number of nitrogens with zero attached hydrogens (tertiary/aromatic N) is 7. The van der Waals surface area contributed by atoms with Crippen LogP contribution in [0.4, 0.5) is 15.9 Å². The van der Waals surface area contributed by atoms with Gasteiger partial charge in [0.1, 0.15) is 36.0 Å². The molecule has 1 N–H and O–H groups in total. The lowest BCUT2D eigenvalue weighted by Gasteiger charge is -2.40. The van der Waals surface area contributed by atoms with Gasteiger partial charge in [-0.05, 0) is 107 Å². The van der Waals surface area contributed by atoms with Crippen molar-refractivity contribution in [2.75, 3.05) is 76.8 Å². The van der Waals surface area contributed by atoms with Crippen LogP contribution in [0.3, 0.4) is 0 Å². The first-order chi connectivity index (χ1) is 29.5. The predicted molar refractivity (Wildman–Crippen MR) is 234 cm³/mol. The predicted octanol–water partition coefficient (Wildman–Crippen LogP) is 5.76. The zero-order chi connectivity index (χ0) is 43.5. The van der Waals surface area contributed by atoms with Crippen molar-refractivity contribution in [1.82, 2.24) is 25.0 Å². The molecular weight excluding hydrogens is 799 g/mol. The van der Waals surface area contributed by atoms with E-state index in [4.69, 9.17) is 26.6 Å². The zero-order valence-corrected chi connectivity index (χ0v) is 36.3. The highest BCUT2D eigenvalue weighted by atomic mass is 35.5. The molecule has 1 aromatic heterocycles. The zero-order valence-electron chi connectivity index (χ0n) is 35.5. The molecule has 0 radical (unpaired) electrons. The lowest BCUT2D eigenvalue weighted by Crippen LogP contribution is -2.49. The van der Waals surface area contributed by atoms with Crippen LogP contribution < -0.4 is 19.9 Å². The van der Waals surface area contributed by atoms with E-state index in [1.807, 2.05) is 17.0 Å². The highest BCUT2D eigenvalue weighted by Crippen LogP contribution is 2.31. The molecule has 0 bridgehead atoms. The molecular formula is C46H58ClFN8O5. The van der Waals surface area contributed by atoms with Crippen LogP contribution in [0.15, 0.2) is 42.5 Å². The number of hydrogen-bond donors (Lipinski definition) is 1. The number of aromatic nitrogens is 1. The first-order valence-electron chi connectivity index (χ1n) is 21.4. The number of piperidine rings is 1.